The molecule has 3 saturated heterocycles. The number of ether oxygens (including phenoxy) is 3. The molecule has 40 heavy (non-hydrogen) atoms. The molecule has 212 valence electrons. The monoisotopic (exact) mass is 550 g/mol. The third-order valence-electron chi connectivity index (χ3n) is 8.23. The van der Waals surface area contributed by atoms with Gasteiger partial charge in [0.25, 0.3) is 0 Å². The van der Waals surface area contributed by atoms with Crippen LogP contribution >= 0.6 is 0 Å². The number of aromatic nitrogens is 2. The van der Waals surface area contributed by atoms with Gasteiger partial charge in [-0.1, -0.05) is 12.1 Å². The second-order valence-electron chi connectivity index (χ2n) is 10.5. The SMILES string of the molecule is COC(OC)[C@H]1CN(c2cc(N3C4CCC3CN(c3cc(-c5ccccc5O)nnc3N)C4)ccc2F)CCO1. The van der Waals surface area contributed by atoms with Crippen molar-refractivity contribution in [2.24, 2.45) is 0 Å². The van der Waals surface area contributed by atoms with E-state index in [0.29, 0.717) is 42.5 Å². The van der Waals surface area contributed by atoms with Gasteiger partial charge in [0, 0.05) is 63.7 Å². The number of para-hydroxylation sites is 1. The number of halogens is 1. The van der Waals surface area contributed by atoms with Crippen LogP contribution in [0.5, 0.6) is 5.75 Å². The lowest BCUT2D eigenvalue weighted by molar-refractivity contribution is -0.182. The van der Waals surface area contributed by atoms with Crippen molar-refractivity contribution in [1.29, 1.82) is 0 Å². The van der Waals surface area contributed by atoms with Crippen molar-refractivity contribution >= 4 is 22.9 Å². The van der Waals surface area contributed by atoms with Crippen LogP contribution < -0.4 is 20.4 Å². The Labute approximate surface area is 233 Å². The predicted octanol–water partition coefficient (Wildman–Crippen LogP) is 3.25. The number of benzene rings is 2. The van der Waals surface area contributed by atoms with Gasteiger partial charge >= 0.3 is 0 Å². The summed E-state index contributed by atoms with van der Waals surface area (Å²) in [4.78, 5) is 6.71. The Morgan fingerprint density at radius 2 is 1.73 bits per heavy atom. The number of nitrogens with zero attached hydrogens (tertiary/aromatic N) is 5. The van der Waals surface area contributed by atoms with Crippen LogP contribution in [0, 0.1) is 5.82 Å². The van der Waals surface area contributed by atoms with Gasteiger partial charge in [-0.3, -0.25) is 0 Å². The zero-order chi connectivity index (χ0) is 27.8. The number of fused-ring (bicyclic) bond motifs is 2. The van der Waals surface area contributed by atoms with E-state index in [9.17, 15) is 5.11 Å². The first-order chi connectivity index (χ1) is 19.5. The summed E-state index contributed by atoms with van der Waals surface area (Å²) in [6.07, 6.45) is 1.23. The molecule has 4 heterocycles. The van der Waals surface area contributed by atoms with E-state index in [1.54, 1.807) is 32.4 Å². The average molecular weight is 551 g/mol. The van der Waals surface area contributed by atoms with Crippen molar-refractivity contribution in [2.75, 3.05) is 67.4 Å². The zero-order valence-corrected chi connectivity index (χ0v) is 22.7. The summed E-state index contributed by atoms with van der Waals surface area (Å²) >= 11 is 0. The predicted molar refractivity (Wildman–Crippen MR) is 151 cm³/mol. The van der Waals surface area contributed by atoms with Gasteiger partial charge in [0.15, 0.2) is 12.1 Å². The molecular weight excluding hydrogens is 515 g/mol. The molecule has 3 aliphatic heterocycles. The summed E-state index contributed by atoms with van der Waals surface area (Å²) in [6, 6.07) is 14.9. The summed E-state index contributed by atoms with van der Waals surface area (Å²) < 4.78 is 31.8. The molecule has 1 aromatic heterocycles. The number of hydrogen-bond donors (Lipinski definition) is 2. The zero-order valence-electron chi connectivity index (χ0n) is 22.7. The Kier molecular flexibility index (Phi) is 7.35. The molecule has 2 bridgehead atoms. The van der Waals surface area contributed by atoms with Crippen molar-refractivity contribution < 1.29 is 23.7 Å². The number of piperazine rings is 1. The van der Waals surface area contributed by atoms with Crippen LogP contribution in [0.2, 0.25) is 0 Å². The van der Waals surface area contributed by atoms with E-state index >= 15 is 4.39 Å². The minimum Gasteiger partial charge on any atom is -0.507 e. The fourth-order valence-corrected chi connectivity index (χ4v) is 6.35. The molecule has 3 atom stereocenters. The topological polar surface area (TPSA) is 109 Å². The Balaban J connectivity index is 1.23. The maximum atomic E-state index is 15.1. The molecule has 2 aromatic carbocycles. The first-order valence-corrected chi connectivity index (χ1v) is 13.6. The minimum absolute atomic E-state index is 0.149. The Morgan fingerprint density at radius 3 is 2.45 bits per heavy atom. The van der Waals surface area contributed by atoms with Crippen molar-refractivity contribution in [2.45, 2.75) is 37.3 Å². The van der Waals surface area contributed by atoms with Gasteiger partial charge in [-0.15, -0.1) is 10.2 Å². The number of phenols is 1. The average Bonchev–Trinajstić information content (AvgIpc) is 3.23. The Hall–Kier alpha value is -3.67. The van der Waals surface area contributed by atoms with Crippen LogP contribution in [-0.2, 0) is 14.2 Å². The fourth-order valence-electron chi connectivity index (χ4n) is 6.35. The fraction of sp³-hybridized carbons (Fsp3) is 0.448. The van der Waals surface area contributed by atoms with Crippen molar-refractivity contribution in [3.05, 3.63) is 54.3 Å². The molecule has 3 aliphatic rings. The van der Waals surface area contributed by atoms with Crippen LogP contribution in [-0.4, -0.2) is 86.8 Å². The number of phenolic OH excluding ortho intramolecular Hbond substituents is 1. The summed E-state index contributed by atoms with van der Waals surface area (Å²) in [5.74, 6) is 0.258. The molecule has 10 nitrogen and oxygen atoms in total. The number of nitrogens with two attached hydrogens (primary N) is 1. The van der Waals surface area contributed by atoms with Gasteiger partial charge in [0.1, 0.15) is 17.7 Å². The second-order valence-corrected chi connectivity index (χ2v) is 10.5. The highest BCUT2D eigenvalue weighted by Crippen LogP contribution is 2.40. The smallest absolute Gasteiger partial charge is 0.184 e. The van der Waals surface area contributed by atoms with Crippen LogP contribution in [0.3, 0.4) is 0 Å². The van der Waals surface area contributed by atoms with Gasteiger partial charge in [-0.2, -0.15) is 0 Å². The number of aromatic hydroxyl groups is 1. The maximum Gasteiger partial charge on any atom is 0.184 e. The number of morpholine rings is 1. The third kappa shape index (κ3) is 4.89. The molecule has 0 radical (unpaired) electrons. The van der Waals surface area contributed by atoms with Gasteiger partial charge in [-0.05, 0) is 49.2 Å². The molecular formula is C29H35FN6O4. The van der Waals surface area contributed by atoms with Gasteiger partial charge < -0.3 is 39.8 Å². The summed E-state index contributed by atoms with van der Waals surface area (Å²) in [6.45, 7) is 3.03. The van der Waals surface area contributed by atoms with Crippen LogP contribution in [0.1, 0.15) is 12.8 Å². The highest BCUT2D eigenvalue weighted by atomic mass is 19.1. The number of rotatable bonds is 7. The van der Waals surface area contributed by atoms with E-state index in [-0.39, 0.29) is 29.8 Å². The van der Waals surface area contributed by atoms with Crippen molar-refractivity contribution in [3.63, 3.8) is 0 Å². The maximum absolute atomic E-state index is 15.1. The summed E-state index contributed by atoms with van der Waals surface area (Å²) in [7, 11) is 3.16. The van der Waals surface area contributed by atoms with Crippen molar-refractivity contribution in [3.8, 4) is 17.0 Å². The molecule has 2 unspecified atom stereocenters. The van der Waals surface area contributed by atoms with Crippen LogP contribution in [0.25, 0.3) is 11.3 Å². The Bertz CT molecular complexity index is 1340. The molecule has 11 heteroatoms. The third-order valence-corrected chi connectivity index (χ3v) is 8.23. The number of nitrogen functional groups attached to an aromatic ring is 1. The quantitative estimate of drug-likeness (QED) is 0.426. The molecule has 0 aliphatic carbocycles. The van der Waals surface area contributed by atoms with E-state index in [2.05, 4.69) is 20.0 Å². The number of anilines is 4. The molecule has 3 N–H and O–H groups in total. The van der Waals surface area contributed by atoms with E-state index in [1.165, 1.54) is 0 Å². The second kappa shape index (κ2) is 11.1. The first-order valence-electron chi connectivity index (χ1n) is 13.6. The highest BCUT2D eigenvalue weighted by molar-refractivity contribution is 5.74. The lowest BCUT2D eigenvalue weighted by Gasteiger charge is -2.44. The Morgan fingerprint density at radius 1 is 0.975 bits per heavy atom. The molecule has 6 rings (SSSR count). The molecule has 0 amide bonds. The minimum atomic E-state index is -0.514. The largest absolute Gasteiger partial charge is 0.507 e. The molecule has 0 saturated carbocycles. The highest BCUT2D eigenvalue weighted by Gasteiger charge is 2.41. The lowest BCUT2D eigenvalue weighted by Crippen LogP contribution is -2.54. The normalized spacial score (nSPS) is 22.8. The molecule has 3 fully saturated rings. The van der Waals surface area contributed by atoms with E-state index in [0.717, 1.165) is 37.3 Å². The summed E-state index contributed by atoms with van der Waals surface area (Å²) in [5.41, 5.74) is 9.88. The van der Waals surface area contributed by atoms with E-state index in [1.807, 2.05) is 35.2 Å². The molecule has 0 spiro atoms. The van der Waals surface area contributed by atoms with Gasteiger partial charge in [0.05, 0.1) is 23.7 Å². The lowest BCUT2D eigenvalue weighted by atomic mass is 10.1. The van der Waals surface area contributed by atoms with Gasteiger partial charge in [-0.25, -0.2) is 4.39 Å². The number of methoxy groups -OCH3 is 2. The van der Waals surface area contributed by atoms with E-state index in [4.69, 9.17) is 19.9 Å². The summed E-state index contributed by atoms with van der Waals surface area (Å²) in [5, 5.41) is 18.8. The van der Waals surface area contributed by atoms with Crippen LogP contribution in [0.15, 0.2) is 48.5 Å². The van der Waals surface area contributed by atoms with E-state index < -0.39 is 6.29 Å². The standard InChI is InChI=1S/C29H35FN6O4/c1-38-29(39-2)27-17-34(11-12-40-27)24-13-18(9-10-22(24)30)36-19-7-8-20(36)16-35(15-19)25-14-23(32-33-28(25)31)21-5-3-4-6-26(21)37/h3-6,9-10,13-14,19-20,27,29,37H,7-8,11-12,15-17H2,1-2H3,(H2,31,33)/t19?,20?,27-/m1/s1. The number of hydrogen-bond acceptors (Lipinski definition) is 10. The molecule has 3 aromatic rings. The van der Waals surface area contributed by atoms with Crippen LogP contribution in [0.4, 0.5) is 27.3 Å². The first kappa shape index (κ1) is 26.5. The van der Waals surface area contributed by atoms with Gasteiger partial charge in [0.2, 0.25) is 0 Å². The van der Waals surface area contributed by atoms with Crippen molar-refractivity contribution in [1.82, 2.24) is 10.2 Å².